The van der Waals surface area contributed by atoms with Crippen molar-refractivity contribution in [1.29, 1.82) is 0 Å². The van der Waals surface area contributed by atoms with Gasteiger partial charge in [0.05, 0.1) is 24.0 Å². The summed E-state index contributed by atoms with van der Waals surface area (Å²) in [5.74, 6) is -0.665. The number of rotatable bonds is 3. The van der Waals surface area contributed by atoms with E-state index in [0.29, 0.717) is 44.1 Å². The number of sulfonamides is 1. The van der Waals surface area contributed by atoms with Crippen LogP contribution in [-0.2, 0) is 14.8 Å². The average molecular weight is 341 g/mol. The van der Waals surface area contributed by atoms with Crippen molar-refractivity contribution in [3.8, 4) is 11.5 Å². The predicted octanol–water partition coefficient (Wildman–Crippen LogP) is 1.33. The summed E-state index contributed by atoms with van der Waals surface area (Å²) in [5.41, 5.74) is 0. The highest BCUT2D eigenvalue weighted by Crippen LogP contribution is 2.33. The summed E-state index contributed by atoms with van der Waals surface area (Å²) in [6.07, 6.45) is 1.78. The van der Waals surface area contributed by atoms with Gasteiger partial charge in [-0.25, -0.2) is 8.42 Å². The first-order valence-corrected chi connectivity index (χ1v) is 9.05. The Morgan fingerprint density at radius 3 is 2.65 bits per heavy atom. The number of carbonyl (C=O) groups is 1. The lowest BCUT2D eigenvalue weighted by Gasteiger charge is -2.29. The van der Waals surface area contributed by atoms with Crippen molar-refractivity contribution in [2.75, 3.05) is 26.3 Å². The number of nitrogens with zero attached hydrogens (tertiary/aromatic N) is 1. The molecule has 7 nitrogen and oxygen atoms in total. The number of benzene rings is 1. The van der Waals surface area contributed by atoms with E-state index in [1.807, 2.05) is 0 Å². The van der Waals surface area contributed by atoms with E-state index in [-0.39, 0.29) is 11.4 Å². The number of aliphatic carboxylic acids is 1. The van der Waals surface area contributed by atoms with Crippen LogP contribution in [0, 0.1) is 5.92 Å². The molecule has 8 heteroatoms. The molecular formula is C15H19NO6S. The standard InChI is InChI=1S/C15H19NO6S/c17-15(18)11-3-1-6-16(10-11)23(19,20)12-4-5-13-14(9-12)22-8-2-7-21-13/h4-5,9,11H,1-3,6-8,10H2,(H,17,18)/t11-/m0/s1. The molecule has 0 aliphatic carbocycles. The first-order chi connectivity index (χ1) is 11.0. The van der Waals surface area contributed by atoms with Gasteiger partial charge < -0.3 is 14.6 Å². The van der Waals surface area contributed by atoms with Crippen LogP contribution in [0.5, 0.6) is 11.5 Å². The normalized spacial score (nSPS) is 22.3. The van der Waals surface area contributed by atoms with Crippen LogP contribution in [0.4, 0.5) is 0 Å². The fraction of sp³-hybridized carbons (Fsp3) is 0.533. The second-order valence-corrected chi connectivity index (χ2v) is 7.64. The third-order valence-corrected chi connectivity index (χ3v) is 5.95. The largest absolute Gasteiger partial charge is 0.490 e. The number of hydrogen-bond donors (Lipinski definition) is 1. The van der Waals surface area contributed by atoms with Crippen molar-refractivity contribution >= 4 is 16.0 Å². The molecule has 1 aromatic rings. The van der Waals surface area contributed by atoms with E-state index in [1.165, 1.54) is 16.4 Å². The summed E-state index contributed by atoms with van der Waals surface area (Å²) >= 11 is 0. The van der Waals surface area contributed by atoms with Crippen LogP contribution in [0.25, 0.3) is 0 Å². The Kier molecular flexibility index (Phi) is 4.45. The Hall–Kier alpha value is -1.80. The maximum absolute atomic E-state index is 12.8. The van der Waals surface area contributed by atoms with Gasteiger partial charge in [-0.3, -0.25) is 4.79 Å². The van der Waals surface area contributed by atoms with E-state index in [1.54, 1.807) is 6.07 Å². The molecule has 0 unspecified atom stereocenters. The lowest BCUT2D eigenvalue weighted by Crippen LogP contribution is -2.42. The minimum atomic E-state index is -3.74. The molecule has 0 spiro atoms. The van der Waals surface area contributed by atoms with Crippen LogP contribution in [-0.4, -0.2) is 50.1 Å². The van der Waals surface area contributed by atoms with Crippen LogP contribution in [0.15, 0.2) is 23.1 Å². The van der Waals surface area contributed by atoms with E-state index < -0.39 is 21.9 Å². The molecule has 1 atom stereocenters. The monoisotopic (exact) mass is 341 g/mol. The van der Waals surface area contributed by atoms with Crippen molar-refractivity contribution in [1.82, 2.24) is 4.31 Å². The summed E-state index contributed by atoms with van der Waals surface area (Å²) in [6.45, 7) is 1.35. The zero-order chi connectivity index (χ0) is 16.4. The van der Waals surface area contributed by atoms with Crippen LogP contribution in [0.1, 0.15) is 19.3 Å². The molecule has 1 aromatic carbocycles. The average Bonchev–Trinajstić information content (AvgIpc) is 2.79. The minimum Gasteiger partial charge on any atom is -0.490 e. The molecule has 0 saturated carbocycles. The summed E-state index contributed by atoms with van der Waals surface area (Å²) < 4.78 is 37.8. The smallest absolute Gasteiger partial charge is 0.307 e. The molecule has 23 heavy (non-hydrogen) atoms. The Morgan fingerprint density at radius 1 is 1.17 bits per heavy atom. The Labute approximate surface area is 134 Å². The predicted molar refractivity (Wildman–Crippen MR) is 81.2 cm³/mol. The van der Waals surface area contributed by atoms with Crippen molar-refractivity contribution in [3.63, 3.8) is 0 Å². The fourth-order valence-corrected chi connectivity index (χ4v) is 4.36. The van der Waals surface area contributed by atoms with Gasteiger partial charge >= 0.3 is 5.97 Å². The fourth-order valence-electron chi connectivity index (χ4n) is 2.82. The van der Waals surface area contributed by atoms with Gasteiger partial charge in [0.15, 0.2) is 11.5 Å². The van der Waals surface area contributed by atoms with Gasteiger partial charge in [-0.1, -0.05) is 0 Å². The molecule has 1 saturated heterocycles. The number of fused-ring (bicyclic) bond motifs is 1. The molecule has 126 valence electrons. The Balaban J connectivity index is 1.87. The van der Waals surface area contributed by atoms with E-state index in [9.17, 15) is 13.2 Å². The van der Waals surface area contributed by atoms with E-state index in [4.69, 9.17) is 14.6 Å². The van der Waals surface area contributed by atoms with Gasteiger partial charge in [0.2, 0.25) is 10.0 Å². The molecule has 2 aliphatic rings. The SMILES string of the molecule is O=C(O)[C@H]1CCCN(S(=O)(=O)c2ccc3c(c2)OCCCO3)C1. The van der Waals surface area contributed by atoms with Crippen molar-refractivity contribution in [2.24, 2.45) is 5.92 Å². The van der Waals surface area contributed by atoms with Gasteiger partial charge in [0, 0.05) is 25.6 Å². The molecule has 1 fully saturated rings. The third-order valence-electron chi connectivity index (χ3n) is 4.09. The number of hydrogen-bond acceptors (Lipinski definition) is 5. The number of carboxylic acid groups (broad SMARTS) is 1. The molecule has 0 radical (unpaired) electrons. The maximum Gasteiger partial charge on any atom is 0.307 e. The topological polar surface area (TPSA) is 93.1 Å². The number of ether oxygens (including phenoxy) is 2. The van der Waals surface area contributed by atoms with Crippen LogP contribution >= 0.6 is 0 Å². The second kappa shape index (κ2) is 6.37. The van der Waals surface area contributed by atoms with Crippen molar-refractivity contribution in [3.05, 3.63) is 18.2 Å². The molecule has 3 rings (SSSR count). The highest BCUT2D eigenvalue weighted by atomic mass is 32.2. The second-order valence-electron chi connectivity index (χ2n) is 5.70. The third kappa shape index (κ3) is 3.28. The van der Waals surface area contributed by atoms with Gasteiger partial charge in [0.1, 0.15) is 0 Å². The van der Waals surface area contributed by atoms with Crippen LogP contribution in [0.3, 0.4) is 0 Å². The van der Waals surface area contributed by atoms with Crippen LogP contribution in [0.2, 0.25) is 0 Å². The summed E-state index contributed by atoms with van der Waals surface area (Å²) in [4.78, 5) is 11.2. The summed E-state index contributed by atoms with van der Waals surface area (Å²) in [5, 5.41) is 9.12. The molecular weight excluding hydrogens is 322 g/mol. The molecule has 0 amide bonds. The van der Waals surface area contributed by atoms with Gasteiger partial charge in [0.25, 0.3) is 0 Å². The zero-order valence-corrected chi connectivity index (χ0v) is 13.4. The summed E-state index contributed by atoms with van der Waals surface area (Å²) in [7, 11) is -3.74. The van der Waals surface area contributed by atoms with E-state index in [2.05, 4.69) is 0 Å². The Morgan fingerprint density at radius 2 is 1.91 bits per heavy atom. The lowest BCUT2D eigenvalue weighted by atomic mass is 10.0. The summed E-state index contributed by atoms with van der Waals surface area (Å²) in [6, 6.07) is 4.53. The highest BCUT2D eigenvalue weighted by Gasteiger charge is 2.33. The van der Waals surface area contributed by atoms with Crippen molar-refractivity contribution in [2.45, 2.75) is 24.2 Å². The molecule has 0 bridgehead atoms. The van der Waals surface area contributed by atoms with E-state index >= 15 is 0 Å². The minimum absolute atomic E-state index is 0.00606. The van der Waals surface area contributed by atoms with E-state index in [0.717, 1.165) is 6.42 Å². The van der Waals surface area contributed by atoms with Crippen molar-refractivity contribution < 1.29 is 27.8 Å². The maximum atomic E-state index is 12.8. The number of piperidine rings is 1. The van der Waals surface area contributed by atoms with Crippen LogP contribution < -0.4 is 9.47 Å². The number of carboxylic acids is 1. The van der Waals surface area contributed by atoms with Gasteiger partial charge in [-0.15, -0.1) is 0 Å². The lowest BCUT2D eigenvalue weighted by molar-refractivity contribution is -0.142. The molecule has 0 aromatic heterocycles. The Bertz CT molecular complexity index is 702. The van der Waals surface area contributed by atoms with Gasteiger partial charge in [-0.05, 0) is 25.0 Å². The molecule has 2 aliphatic heterocycles. The molecule has 1 N–H and O–H groups in total. The first kappa shape index (κ1) is 16.1. The highest BCUT2D eigenvalue weighted by molar-refractivity contribution is 7.89. The van der Waals surface area contributed by atoms with Gasteiger partial charge in [-0.2, -0.15) is 4.31 Å². The first-order valence-electron chi connectivity index (χ1n) is 7.61. The quantitative estimate of drug-likeness (QED) is 0.891. The molecule has 2 heterocycles. The zero-order valence-electron chi connectivity index (χ0n) is 12.6.